The first kappa shape index (κ1) is 24.8. The number of carbonyl (C=O) groups is 1. The fraction of sp³-hybridized carbons (Fsp3) is 0.333. The smallest absolute Gasteiger partial charge is 0.227 e. The standard InChI is InChI=1S/C30H33N3O4/c1-4-36-25-11-9-23(10-12-25)32-17-22(16-29(32)35)30-31-27-7-5-6-8-28(27)33(30)18-24(34)19-37-26-14-20(2)13-21(3)15-26/h5-15,22,24,34H,4,16-19H2,1-3H3/t22-,24+/m0/s1. The molecule has 1 fully saturated rings. The Hall–Kier alpha value is -3.84. The zero-order valence-electron chi connectivity index (χ0n) is 21.6. The highest BCUT2D eigenvalue weighted by molar-refractivity contribution is 5.96. The molecule has 7 heteroatoms. The van der Waals surface area contributed by atoms with Crippen molar-refractivity contribution >= 4 is 22.6 Å². The van der Waals surface area contributed by atoms with Gasteiger partial charge in [0.05, 0.1) is 24.2 Å². The third-order valence-corrected chi connectivity index (χ3v) is 6.66. The minimum absolute atomic E-state index is 0.0615. The van der Waals surface area contributed by atoms with Crippen molar-refractivity contribution in [3.8, 4) is 11.5 Å². The first-order valence-corrected chi connectivity index (χ1v) is 12.8. The summed E-state index contributed by atoms with van der Waals surface area (Å²) >= 11 is 0. The summed E-state index contributed by atoms with van der Waals surface area (Å²) in [5, 5.41) is 10.9. The maximum absolute atomic E-state index is 13.0. The molecule has 3 aromatic carbocycles. The summed E-state index contributed by atoms with van der Waals surface area (Å²) in [7, 11) is 0. The van der Waals surface area contributed by atoms with E-state index in [0.717, 1.165) is 45.2 Å². The Bertz CT molecular complexity index is 1380. The zero-order valence-corrected chi connectivity index (χ0v) is 21.6. The molecule has 0 unspecified atom stereocenters. The van der Waals surface area contributed by atoms with Crippen molar-refractivity contribution in [1.29, 1.82) is 0 Å². The molecule has 0 radical (unpaired) electrons. The second kappa shape index (κ2) is 10.6. The lowest BCUT2D eigenvalue weighted by atomic mass is 10.1. The largest absolute Gasteiger partial charge is 0.494 e. The zero-order chi connectivity index (χ0) is 25.9. The van der Waals surface area contributed by atoms with Crippen LogP contribution in [0.3, 0.4) is 0 Å². The van der Waals surface area contributed by atoms with Gasteiger partial charge in [-0.25, -0.2) is 4.98 Å². The predicted octanol–water partition coefficient (Wildman–Crippen LogP) is 5.01. The molecule has 0 bridgehead atoms. The second-order valence-corrected chi connectivity index (χ2v) is 9.69. The van der Waals surface area contributed by atoms with E-state index >= 15 is 0 Å². The topological polar surface area (TPSA) is 76.8 Å². The normalized spacial score (nSPS) is 16.4. The first-order chi connectivity index (χ1) is 17.9. The number of anilines is 1. The number of aromatic nitrogens is 2. The van der Waals surface area contributed by atoms with Gasteiger partial charge >= 0.3 is 0 Å². The summed E-state index contributed by atoms with van der Waals surface area (Å²) in [5.74, 6) is 2.33. The third kappa shape index (κ3) is 5.47. The molecule has 192 valence electrons. The average Bonchev–Trinajstić information content (AvgIpc) is 3.43. The fourth-order valence-electron chi connectivity index (χ4n) is 5.09. The van der Waals surface area contributed by atoms with Crippen LogP contribution in [0.2, 0.25) is 0 Å². The SMILES string of the molecule is CCOc1ccc(N2C[C@@H](c3nc4ccccc4n3C[C@@H](O)COc3cc(C)cc(C)c3)CC2=O)cc1. The van der Waals surface area contributed by atoms with E-state index in [9.17, 15) is 9.90 Å². The summed E-state index contributed by atoms with van der Waals surface area (Å²) in [6.45, 7) is 7.62. The van der Waals surface area contributed by atoms with Crippen molar-refractivity contribution in [2.45, 2.75) is 45.8 Å². The van der Waals surface area contributed by atoms with Crippen LogP contribution in [0.15, 0.2) is 66.7 Å². The lowest BCUT2D eigenvalue weighted by molar-refractivity contribution is -0.117. The van der Waals surface area contributed by atoms with Crippen molar-refractivity contribution < 1.29 is 19.4 Å². The highest BCUT2D eigenvalue weighted by Gasteiger charge is 2.35. The number of aryl methyl sites for hydroxylation is 2. The summed E-state index contributed by atoms with van der Waals surface area (Å²) in [4.78, 5) is 19.7. The molecule has 0 aliphatic carbocycles. The number of nitrogens with zero attached hydrogens (tertiary/aromatic N) is 3. The predicted molar refractivity (Wildman–Crippen MR) is 144 cm³/mol. The number of imidazole rings is 1. The van der Waals surface area contributed by atoms with E-state index in [1.165, 1.54) is 0 Å². The number of hydrogen-bond donors (Lipinski definition) is 1. The van der Waals surface area contributed by atoms with Crippen LogP contribution in [0, 0.1) is 13.8 Å². The van der Waals surface area contributed by atoms with Crippen LogP contribution in [0.5, 0.6) is 11.5 Å². The number of aliphatic hydroxyl groups is 1. The highest BCUT2D eigenvalue weighted by atomic mass is 16.5. The van der Waals surface area contributed by atoms with Crippen molar-refractivity contribution in [3.05, 3.63) is 83.7 Å². The summed E-state index contributed by atoms with van der Waals surface area (Å²) in [6, 6.07) is 21.5. The molecule has 2 heterocycles. The molecule has 5 rings (SSSR count). The van der Waals surface area contributed by atoms with E-state index in [4.69, 9.17) is 14.5 Å². The van der Waals surface area contributed by atoms with E-state index in [1.54, 1.807) is 0 Å². The van der Waals surface area contributed by atoms with Crippen molar-refractivity contribution in [2.75, 3.05) is 24.7 Å². The number of benzene rings is 3. The minimum Gasteiger partial charge on any atom is -0.494 e. The maximum atomic E-state index is 13.0. The van der Waals surface area contributed by atoms with Gasteiger partial charge in [0.2, 0.25) is 5.91 Å². The second-order valence-electron chi connectivity index (χ2n) is 9.69. The van der Waals surface area contributed by atoms with Crippen molar-refractivity contribution in [1.82, 2.24) is 9.55 Å². The number of fused-ring (bicyclic) bond motifs is 1. The molecule has 1 aliphatic heterocycles. The van der Waals surface area contributed by atoms with Gasteiger partial charge in [-0.3, -0.25) is 4.79 Å². The molecule has 2 atom stereocenters. The summed E-state index contributed by atoms with van der Waals surface area (Å²) in [6.07, 6.45) is -0.373. The molecule has 1 N–H and O–H groups in total. The quantitative estimate of drug-likeness (QED) is 0.350. The number of hydrogen-bond acceptors (Lipinski definition) is 5. The number of para-hydroxylation sites is 2. The van der Waals surface area contributed by atoms with Gasteiger partial charge in [0.1, 0.15) is 30.0 Å². The Labute approximate surface area is 217 Å². The minimum atomic E-state index is -0.739. The maximum Gasteiger partial charge on any atom is 0.227 e. The fourth-order valence-corrected chi connectivity index (χ4v) is 5.09. The molecular weight excluding hydrogens is 466 g/mol. The van der Waals surface area contributed by atoms with Gasteiger partial charge in [0.25, 0.3) is 0 Å². The van der Waals surface area contributed by atoms with E-state index in [1.807, 2.05) is 90.9 Å². The lowest BCUT2D eigenvalue weighted by Gasteiger charge is -2.19. The Kier molecular flexibility index (Phi) is 7.15. The van der Waals surface area contributed by atoms with Gasteiger partial charge in [-0.2, -0.15) is 0 Å². The molecule has 1 saturated heterocycles. The van der Waals surface area contributed by atoms with Crippen LogP contribution in [0.1, 0.15) is 36.2 Å². The summed E-state index contributed by atoms with van der Waals surface area (Å²) in [5.41, 5.74) is 4.88. The van der Waals surface area contributed by atoms with Gasteiger partial charge in [-0.15, -0.1) is 0 Å². The number of rotatable bonds is 9. The molecule has 7 nitrogen and oxygen atoms in total. The van der Waals surface area contributed by atoms with E-state index in [-0.39, 0.29) is 18.4 Å². The lowest BCUT2D eigenvalue weighted by Crippen LogP contribution is -2.26. The molecular formula is C30H33N3O4. The Morgan fingerprint density at radius 2 is 1.73 bits per heavy atom. The number of ether oxygens (including phenoxy) is 2. The Balaban J connectivity index is 1.35. The summed E-state index contributed by atoms with van der Waals surface area (Å²) < 4.78 is 13.5. The van der Waals surface area contributed by atoms with Crippen LogP contribution in [-0.4, -0.2) is 46.4 Å². The molecule has 0 saturated carbocycles. The average molecular weight is 500 g/mol. The first-order valence-electron chi connectivity index (χ1n) is 12.8. The molecule has 1 aliphatic rings. The van der Waals surface area contributed by atoms with Crippen LogP contribution >= 0.6 is 0 Å². The molecule has 0 spiro atoms. The third-order valence-electron chi connectivity index (χ3n) is 6.66. The molecule has 4 aromatic rings. The van der Waals surface area contributed by atoms with E-state index in [0.29, 0.717) is 26.1 Å². The Morgan fingerprint density at radius 1 is 1.00 bits per heavy atom. The van der Waals surface area contributed by atoms with Crippen LogP contribution in [0.25, 0.3) is 11.0 Å². The van der Waals surface area contributed by atoms with Gasteiger partial charge in [-0.1, -0.05) is 18.2 Å². The van der Waals surface area contributed by atoms with Gasteiger partial charge in [-0.05, 0) is 80.4 Å². The van der Waals surface area contributed by atoms with Crippen LogP contribution in [-0.2, 0) is 11.3 Å². The van der Waals surface area contributed by atoms with Gasteiger partial charge in [0, 0.05) is 24.6 Å². The van der Waals surface area contributed by atoms with Gasteiger partial charge < -0.3 is 24.0 Å². The number of aliphatic hydroxyl groups excluding tert-OH is 1. The van der Waals surface area contributed by atoms with Crippen LogP contribution in [0.4, 0.5) is 5.69 Å². The van der Waals surface area contributed by atoms with Gasteiger partial charge in [0.15, 0.2) is 0 Å². The highest BCUT2D eigenvalue weighted by Crippen LogP contribution is 2.34. The Morgan fingerprint density at radius 3 is 2.46 bits per heavy atom. The van der Waals surface area contributed by atoms with E-state index < -0.39 is 6.10 Å². The number of carbonyl (C=O) groups excluding carboxylic acids is 1. The molecule has 1 amide bonds. The van der Waals surface area contributed by atoms with Crippen molar-refractivity contribution in [2.24, 2.45) is 0 Å². The monoisotopic (exact) mass is 499 g/mol. The molecule has 1 aromatic heterocycles. The molecule has 37 heavy (non-hydrogen) atoms. The van der Waals surface area contributed by atoms with E-state index in [2.05, 4.69) is 6.07 Å². The number of amides is 1. The van der Waals surface area contributed by atoms with Crippen molar-refractivity contribution in [3.63, 3.8) is 0 Å². The van der Waals surface area contributed by atoms with Crippen LogP contribution < -0.4 is 14.4 Å².